The number of alkyl halides is 2. The standard InChI is InChI=1S/C49H54F2N8O6/c1-24(2)39(56-46(62)64-5)44(60)58-23-48(15-16-48)21-38(58)42-52-22-37(55-42)28-9-13-32-31-12-8-26(18-33(31)49(50,51)34(32)19-28)27-10-14-35-36(20-27)54-43(53-35)41-29-7-11-30(17-29)59(41)45(61)40(25(3)4)57-47(63)65-6/h8-10,12-14,18-20,22,24-25,29-30,38-41H,7,11,15-17,21,23H2,1-6H3,(H,52,55)(H,53,54)(H,56,62)(H,57,63)/t29-,30?,38-,39?,40?,41?/m0/s1. The van der Waals surface area contributed by atoms with E-state index in [1.807, 2.05) is 62.9 Å². The van der Waals surface area contributed by atoms with Crippen LogP contribution in [0, 0.1) is 23.2 Å². The Labute approximate surface area is 375 Å². The summed E-state index contributed by atoms with van der Waals surface area (Å²) in [5, 5.41) is 5.43. The normalized spacial score (nSPS) is 22.9. The van der Waals surface area contributed by atoms with Gasteiger partial charge in [0.2, 0.25) is 11.8 Å². The minimum Gasteiger partial charge on any atom is -0.453 e. The first kappa shape index (κ1) is 42.6. The lowest BCUT2D eigenvalue weighted by atomic mass is 9.95. The second-order valence-electron chi connectivity index (χ2n) is 19.4. The maximum atomic E-state index is 16.7. The average Bonchev–Trinajstić information content (AvgIpc) is 3.95. The predicted octanol–water partition coefficient (Wildman–Crippen LogP) is 8.61. The molecule has 0 radical (unpaired) electrons. The molecule has 4 heterocycles. The summed E-state index contributed by atoms with van der Waals surface area (Å²) in [6.45, 7) is 8.09. The highest BCUT2D eigenvalue weighted by molar-refractivity contribution is 5.89. The van der Waals surface area contributed by atoms with E-state index in [0.717, 1.165) is 49.6 Å². The third kappa shape index (κ3) is 7.19. The maximum Gasteiger partial charge on any atom is 0.407 e. The number of piperidine rings is 1. The SMILES string of the molecule is COC(=O)NC(C(=O)N1C2CC[C@@H](C2)C1c1nc2ccc(-c3ccc4c(c3)C(F)(F)c3cc(-c5cnc([C@@H]6CC7(CC7)CN6C(=O)C(NC(=O)OC)C(C)C)[nH]5)ccc3-4)cc2[nH]1)C(C)C. The highest BCUT2D eigenvalue weighted by Crippen LogP contribution is 2.59. The van der Waals surface area contributed by atoms with Gasteiger partial charge in [-0.05, 0) is 108 Å². The molecular weight excluding hydrogens is 835 g/mol. The average molecular weight is 889 g/mol. The molecule has 4 unspecified atom stereocenters. The van der Waals surface area contributed by atoms with Crippen LogP contribution in [0.4, 0.5) is 18.4 Å². The van der Waals surface area contributed by atoms with Crippen molar-refractivity contribution in [2.45, 2.75) is 102 Å². The Morgan fingerprint density at radius 2 is 1.40 bits per heavy atom. The van der Waals surface area contributed by atoms with Gasteiger partial charge in [-0.3, -0.25) is 9.59 Å². The zero-order valence-electron chi connectivity index (χ0n) is 37.3. The summed E-state index contributed by atoms with van der Waals surface area (Å²) in [5.41, 5.74) is 4.68. The first-order chi connectivity index (χ1) is 31.1. The van der Waals surface area contributed by atoms with Gasteiger partial charge < -0.3 is 39.9 Å². The number of fused-ring (bicyclic) bond motifs is 6. The summed E-state index contributed by atoms with van der Waals surface area (Å²) >= 11 is 0. The van der Waals surface area contributed by atoms with Gasteiger partial charge in [0, 0.05) is 29.3 Å². The van der Waals surface area contributed by atoms with Gasteiger partial charge >= 0.3 is 12.2 Å². The fraction of sp³-hybridized carbons (Fsp3) is 0.469. The van der Waals surface area contributed by atoms with Crippen molar-refractivity contribution in [3.05, 3.63) is 83.6 Å². The molecule has 6 atom stereocenters. The molecule has 4 N–H and O–H groups in total. The van der Waals surface area contributed by atoms with Crippen LogP contribution in [-0.4, -0.2) is 92.6 Å². The molecule has 3 aromatic carbocycles. The van der Waals surface area contributed by atoms with Crippen molar-refractivity contribution in [2.24, 2.45) is 23.2 Å². The van der Waals surface area contributed by atoms with Crippen LogP contribution < -0.4 is 10.6 Å². The first-order valence-corrected chi connectivity index (χ1v) is 22.6. The van der Waals surface area contributed by atoms with Crippen LogP contribution >= 0.6 is 0 Å². The quantitative estimate of drug-likeness (QED) is 0.108. The summed E-state index contributed by atoms with van der Waals surface area (Å²) in [6.07, 6.45) is 5.75. The number of H-pyrrole nitrogens is 2. The summed E-state index contributed by atoms with van der Waals surface area (Å²) in [6, 6.07) is 13.8. The van der Waals surface area contributed by atoms with Gasteiger partial charge in [-0.25, -0.2) is 19.6 Å². The molecule has 2 aliphatic heterocycles. The topological polar surface area (TPSA) is 175 Å². The van der Waals surface area contributed by atoms with Gasteiger partial charge in [0.1, 0.15) is 23.7 Å². The zero-order chi connectivity index (χ0) is 45.7. The maximum absolute atomic E-state index is 16.7. The molecule has 1 spiro atoms. The molecule has 14 nitrogen and oxygen atoms in total. The Morgan fingerprint density at radius 1 is 0.785 bits per heavy atom. The number of benzene rings is 3. The van der Waals surface area contributed by atoms with Crippen molar-refractivity contribution in [1.29, 1.82) is 0 Å². The number of methoxy groups -OCH3 is 2. The first-order valence-electron chi connectivity index (χ1n) is 22.6. The minimum absolute atomic E-state index is 0.0102. The summed E-state index contributed by atoms with van der Waals surface area (Å²) in [4.78, 5) is 72.6. The van der Waals surface area contributed by atoms with Crippen LogP contribution in [0.25, 0.3) is 44.5 Å². The van der Waals surface area contributed by atoms with Crippen LogP contribution in [0.15, 0.2) is 60.8 Å². The largest absolute Gasteiger partial charge is 0.453 e. The number of amides is 4. The highest BCUT2D eigenvalue weighted by Gasteiger charge is 2.56. The fourth-order valence-electron chi connectivity index (χ4n) is 11.0. The van der Waals surface area contributed by atoms with Crippen LogP contribution in [0.5, 0.6) is 0 Å². The molecule has 3 aliphatic carbocycles. The predicted molar refractivity (Wildman–Crippen MR) is 237 cm³/mol. The molecule has 5 aliphatic rings. The Bertz CT molecular complexity index is 2740. The molecule has 5 aromatic rings. The molecule has 2 saturated heterocycles. The number of hydrogen-bond acceptors (Lipinski definition) is 8. The van der Waals surface area contributed by atoms with E-state index in [4.69, 9.17) is 19.4 Å². The Hall–Kier alpha value is -6.32. The summed E-state index contributed by atoms with van der Waals surface area (Å²) < 4.78 is 43.0. The number of carbonyl (C=O) groups excluding carboxylic acids is 4. The molecule has 65 heavy (non-hydrogen) atoms. The minimum atomic E-state index is -3.29. The van der Waals surface area contributed by atoms with Gasteiger partial charge in [0.25, 0.3) is 5.92 Å². The molecule has 4 amide bonds. The van der Waals surface area contributed by atoms with Crippen molar-refractivity contribution in [2.75, 3.05) is 20.8 Å². The monoisotopic (exact) mass is 888 g/mol. The number of aromatic amines is 2. The third-order valence-corrected chi connectivity index (χ3v) is 14.7. The lowest BCUT2D eigenvalue weighted by molar-refractivity contribution is -0.139. The van der Waals surface area contributed by atoms with E-state index < -0.39 is 30.2 Å². The zero-order valence-corrected chi connectivity index (χ0v) is 37.3. The number of nitrogens with zero attached hydrogens (tertiary/aromatic N) is 4. The molecule has 16 heteroatoms. The fourth-order valence-corrected chi connectivity index (χ4v) is 11.0. The van der Waals surface area contributed by atoms with Gasteiger partial charge in [-0.1, -0.05) is 58.0 Å². The van der Waals surface area contributed by atoms with Crippen molar-refractivity contribution in [1.82, 2.24) is 40.4 Å². The number of aromatic nitrogens is 4. The van der Waals surface area contributed by atoms with Crippen LogP contribution in [-0.2, 0) is 25.0 Å². The number of hydrogen-bond donors (Lipinski definition) is 4. The van der Waals surface area contributed by atoms with Crippen molar-refractivity contribution >= 4 is 35.0 Å². The molecular formula is C49H54F2N8O6. The van der Waals surface area contributed by atoms with E-state index in [1.54, 1.807) is 29.3 Å². The van der Waals surface area contributed by atoms with Crippen LogP contribution in [0.1, 0.15) is 101 Å². The lowest BCUT2D eigenvalue weighted by Gasteiger charge is -2.37. The van der Waals surface area contributed by atoms with E-state index >= 15 is 8.78 Å². The molecule has 2 aromatic heterocycles. The molecule has 10 rings (SSSR count). The second-order valence-corrected chi connectivity index (χ2v) is 19.4. The summed E-state index contributed by atoms with van der Waals surface area (Å²) in [5.74, 6) is -2.53. The van der Waals surface area contributed by atoms with Crippen molar-refractivity contribution < 1.29 is 37.4 Å². The van der Waals surface area contributed by atoms with E-state index in [-0.39, 0.29) is 64.2 Å². The molecule has 2 saturated carbocycles. The van der Waals surface area contributed by atoms with E-state index in [1.165, 1.54) is 20.3 Å². The molecule has 2 bridgehead atoms. The number of likely N-dealkylation sites (tertiary alicyclic amines) is 2. The van der Waals surface area contributed by atoms with Crippen molar-refractivity contribution in [3.63, 3.8) is 0 Å². The Kier molecular flexibility index (Phi) is 10.3. The number of halogens is 2. The smallest absolute Gasteiger partial charge is 0.407 e. The number of carbonyl (C=O) groups is 4. The van der Waals surface area contributed by atoms with Crippen molar-refractivity contribution in [3.8, 4) is 33.5 Å². The number of nitrogens with one attached hydrogen (secondary N) is 4. The van der Waals surface area contributed by atoms with Gasteiger partial charge in [-0.2, -0.15) is 8.78 Å². The molecule has 4 fully saturated rings. The second kappa shape index (κ2) is 15.7. The number of ether oxygens (including phenoxy) is 2. The van der Waals surface area contributed by atoms with Crippen LogP contribution in [0.2, 0.25) is 0 Å². The van der Waals surface area contributed by atoms with E-state index in [0.29, 0.717) is 51.7 Å². The lowest BCUT2D eigenvalue weighted by Crippen LogP contribution is -2.54. The van der Waals surface area contributed by atoms with Gasteiger partial charge in [-0.15, -0.1) is 0 Å². The van der Waals surface area contributed by atoms with Gasteiger partial charge in [0.05, 0.1) is 49.2 Å². The number of rotatable bonds is 10. The van der Waals surface area contributed by atoms with E-state index in [9.17, 15) is 19.2 Å². The van der Waals surface area contributed by atoms with Gasteiger partial charge in [0.15, 0.2) is 0 Å². The third-order valence-electron chi connectivity index (χ3n) is 14.7. The highest BCUT2D eigenvalue weighted by atomic mass is 19.3. The molecule has 340 valence electrons. The van der Waals surface area contributed by atoms with E-state index in [2.05, 4.69) is 20.6 Å². The number of imidazole rings is 2. The van der Waals surface area contributed by atoms with Crippen LogP contribution in [0.3, 0.4) is 0 Å². The Morgan fingerprint density at radius 3 is 2.05 bits per heavy atom. The number of alkyl carbamates (subject to hydrolysis) is 2. The Balaban J connectivity index is 0.896. The summed E-state index contributed by atoms with van der Waals surface area (Å²) in [7, 11) is 2.54.